The Morgan fingerprint density at radius 1 is 1.08 bits per heavy atom. The van der Waals surface area contributed by atoms with E-state index in [1.54, 1.807) is 13.2 Å². The van der Waals surface area contributed by atoms with Gasteiger partial charge in [-0.25, -0.2) is 4.39 Å². The van der Waals surface area contributed by atoms with E-state index in [1.165, 1.54) is 11.6 Å². The lowest BCUT2D eigenvalue weighted by Crippen LogP contribution is -2.33. The SMILES string of the molecule is CNC(CCN(Cc1ccccc1)C(C)C)c1c(F)cccc1OC. The third-order valence-electron chi connectivity index (χ3n) is 4.59. The lowest BCUT2D eigenvalue weighted by Gasteiger charge is -2.29. The molecule has 0 bridgehead atoms. The number of rotatable bonds is 9. The minimum absolute atomic E-state index is 0.0897. The Bertz CT molecular complexity index is 646. The number of benzene rings is 2. The molecule has 2 aromatic rings. The van der Waals surface area contributed by atoms with Gasteiger partial charge in [0.25, 0.3) is 0 Å². The molecule has 1 atom stereocenters. The van der Waals surface area contributed by atoms with Crippen LogP contribution in [0.1, 0.15) is 37.4 Å². The van der Waals surface area contributed by atoms with Gasteiger partial charge in [0.1, 0.15) is 11.6 Å². The van der Waals surface area contributed by atoms with Crippen LogP contribution in [0.5, 0.6) is 5.75 Å². The van der Waals surface area contributed by atoms with Gasteiger partial charge in [-0.05, 0) is 45.0 Å². The van der Waals surface area contributed by atoms with Crippen LogP contribution in [0.15, 0.2) is 48.5 Å². The molecule has 0 aliphatic rings. The zero-order valence-corrected chi connectivity index (χ0v) is 15.6. The third kappa shape index (κ3) is 5.28. The summed E-state index contributed by atoms with van der Waals surface area (Å²) in [6.45, 7) is 6.15. The predicted octanol–water partition coefficient (Wildman–Crippen LogP) is 4.40. The maximum atomic E-state index is 14.4. The average Bonchev–Trinajstić information content (AvgIpc) is 2.62. The Kier molecular flexibility index (Phi) is 7.41. The lowest BCUT2D eigenvalue weighted by molar-refractivity contribution is 0.201. The van der Waals surface area contributed by atoms with E-state index in [4.69, 9.17) is 4.74 Å². The molecular weight excluding hydrogens is 315 g/mol. The van der Waals surface area contributed by atoms with Crippen LogP contribution in [-0.4, -0.2) is 31.6 Å². The van der Waals surface area contributed by atoms with Crippen molar-refractivity contribution in [2.24, 2.45) is 0 Å². The highest BCUT2D eigenvalue weighted by atomic mass is 19.1. The van der Waals surface area contributed by atoms with E-state index >= 15 is 0 Å². The summed E-state index contributed by atoms with van der Waals surface area (Å²) < 4.78 is 19.7. The molecule has 0 amide bonds. The quantitative estimate of drug-likeness (QED) is 0.730. The van der Waals surface area contributed by atoms with Gasteiger partial charge >= 0.3 is 0 Å². The molecule has 1 unspecified atom stereocenters. The number of ether oxygens (including phenoxy) is 1. The molecule has 3 nitrogen and oxygen atoms in total. The zero-order chi connectivity index (χ0) is 18.2. The van der Waals surface area contributed by atoms with E-state index in [9.17, 15) is 4.39 Å². The molecule has 0 aromatic heterocycles. The van der Waals surface area contributed by atoms with Gasteiger partial charge in [0.15, 0.2) is 0 Å². The molecular formula is C21H29FN2O. The summed E-state index contributed by atoms with van der Waals surface area (Å²) >= 11 is 0. The summed E-state index contributed by atoms with van der Waals surface area (Å²) in [7, 11) is 3.45. The molecule has 25 heavy (non-hydrogen) atoms. The van der Waals surface area contributed by atoms with E-state index in [-0.39, 0.29) is 11.9 Å². The summed E-state index contributed by atoms with van der Waals surface area (Å²) in [5.41, 5.74) is 1.90. The molecule has 2 rings (SSSR count). The van der Waals surface area contributed by atoms with Crippen LogP contribution in [0.25, 0.3) is 0 Å². The fraction of sp³-hybridized carbons (Fsp3) is 0.429. The molecule has 0 radical (unpaired) electrons. The Morgan fingerprint density at radius 2 is 1.80 bits per heavy atom. The topological polar surface area (TPSA) is 24.5 Å². The Hall–Kier alpha value is -1.91. The first-order chi connectivity index (χ1) is 12.1. The van der Waals surface area contributed by atoms with Crippen LogP contribution in [0.3, 0.4) is 0 Å². The van der Waals surface area contributed by atoms with E-state index in [2.05, 4.69) is 48.3 Å². The Morgan fingerprint density at radius 3 is 2.40 bits per heavy atom. The fourth-order valence-electron chi connectivity index (χ4n) is 3.10. The summed E-state index contributed by atoms with van der Waals surface area (Å²) in [6, 6.07) is 15.8. The second-order valence-electron chi connectivity index (χ2n) is 6.54. The van der Waals surface area contributed by atoms with Crippen LogP contribution >= 0.6 is 0 Å². The first-order valence-electron chi connectivity index (χ1n) is 8.84. The molecule has 0 fully saturated rings. The smallest absolute Gasteiger partial charge is 0.131 e. The molecule has 136 valence electrons. The predicted molar refractivity (Wildman–Crippen MR) is 101 cm³/mol. The van der Waals surface area contributed by atoms with Crippen molar-refractivity contribution in [2.75, 3.05) is 20.7 Å². The van der Waals surface area contributed by atoms with Crippen molar-refractivity contribution < 1.29 is 9.13 Å². The van der Waals surface area contributed by atoms with Crippen molar-refractivity contribution in [2.45, 2.75) is 38.9 Å². The molecule has 0 heterocycles. The summed E-state index contributed by atoms with van der Waals surface area (Å²) in [6.07, 6.45) is 0.804. The highest BCUT2D eigenvalue weighted by Crippen LogP contribution is 2.30. The number of nitrogens with zero attached hydrogens (tertiary/aromatic N) is 1. The van der Waals surface area contributed by atoms with Crippen LogP contribution in [0.2, 0.25) is 0 Å². The minimum Gasteiger partial charge on any atom is -0.496 e. The van der Waals surface area contributed by atoms with E-state index in [0.29, 0.717) is 17.4 Å². The molecule has 2 aromatic carbocycles. The largest absolute Gasteiger partial charge is 0.496 e. The number of hydrogen-bond donors (Lipinski definition) is 1. The molecule has 4 heteroatoms. The standard InChI is InChI=1S/C21H29FN2O/c1-16(2)24(15-17-9-6-5-7-10-17)14-13-19(23-3)21-18(22)11-8-12-20(21)25-4/h5-12,16,19,23H,13-15H2,1-4H3. The van der Waals surface area contributed by atoms with E-state index in [0.717, 1.165) is 19.5 Å². The first-order valence-corrected chi connectivity index (χ1v) is 8.84. The number of nitrogens with one attached hydrogen (secondary N) is 1. The summed E-state index contributed by atoms with van der Waals surface area (Å²) in [5, 5.41) is 3.25. The highest BCUT2D eigenvalue weighted by Gasteiger charge is 2.20. The maximum absolute atomic E-state index is 14.4. The van der Waals surface area contributed by atoms with Crippen LogP contribution in [0.4, 0.5) is 4.39 Å². The van der Waals surface area contributed by atoms with Gasteiger partial charge < -0.3 is 10.1 Å². The zero-order valence-electron chi connectivity index (χ0n) is 15.6. The number of hydrogen-bond acceptors (Lipinski definition) is 3. The Balaban J connectivity index is 2.10. The van der Waals surface area contributed by atoms with Crippen molar-refractivity contribution in [3.8, 4) is 5.75 Å². The van der Waals surface area contributed by atoms with Crippen LogP contribution in [0, 0.1) is 5.82 Å². The van der Waals surface area contributed by atoms with Gasteiger partial charge in [0.2, 0.25) is 0 Å². The summed E-state index contributed by atoms with van der Waals surface area (Å²) in [5.74, 6) is 0.372. The van der Waals surface area contributed by atoms with Gasteiger partial charge in [0, 0.05) is 30.7 Å². The van der Waals surface area contributed by atoms with E-state index < -0.39 is 0 Å². The van der Waals surface area contributed by atoms with Gasteiger partial charge in [-0.1, -0.05) is 36.4 Å². The second kappa shape index (κ2) is 9.54. The van der Waals surface area contributed by atoms with Crippen molar-refractivity contribution in [1.82, 2.24) is 10.2 Å². The second-order valence-corrected chi connectivity index (χ2v) is 6.54. The van der Waals surface area contributed by atoms with Gasteiger partial charge in [-0.3, -0.25) is 4.90 Å². The molecule has 0 spiro atoms. The molecule has 1 N–H and O–H groups in total. The van der Waals surface area contributed by atoms with Crippen molar-refractivity contribution in [3.63, 3.8) is 0 Å². The monoisotopic (exact) mass is 344 g/mol. The third-order valence-corrected chi connectivity index (χ3v) is 4.59. The van der Waals surface area contributed by atoms with Crippen molar-refractivity contribution in [3.05, 3.63) is 65.5 Å². The van der Waals surface area contributed by atoms with Gasteiger partial charge in [-0.2, -0.15) is 0 Å². The lowest BCUT2D eigenvalue weighted by atomic mass is 10.0. The minimum atomic E-state index is -0.224. The Labute approximate surface area is 150 Å². The van der Waals surface area contributed by atoms with Crippen molar-refractivity contribution in [1.29, 1.82) is 0 Å². The number of halogens is 1. The van der Waals surface area contributed by atoms with Crippen LogP contribution in [-0.2, 0) is 6.54 Å². The maximum Gasteiger partial charge on any atom is 0.131 e. The molecule has 0 saturated heterocycles. The molecule has 0 aliphatic heterocycles. The van der Waals surface area contributed by atoms with E-state index in [1.807, 2.05) is 19.2 Å². The van der Waals surface area contributed by atoms with Gasteiger partial charge in [0.05, 0.1) is 7.11 Å². The normalized spacial score (nSPS) is 12.6. The summed E-state index contributed by atoms with van der Waals surface area (Å²) in [4.78, 5) is 2.41. The highest BCUT2D eigenvalue weighted by molar-refractivity contribution is 5.37. The van der Waals surface area contributed by atoms with Gasteiger partial charge in [-0.15, -0.1) is 0 Å². The average molecular weight is 344 g/mol. The molecule has 0 saturated carbocycles. The number of methoxy groups -OCH3 is 1. The fourth-order valence-corrected chi connectivity index (χ4v) is 3.10. The first kappa shape index (κ1) is 19.4. The van der Waals surface area contributed by atoms with Crippen LogP contribution < -0.4 is 10.1 Å². The van der Waals surface area contributed by atoms with Crippen molar-refractivity contribution >= 4 is 0 Å². The molecule has 0 aliphatic carbocycles.